The van der Waals surface area contributed by atoms with Crippen LogP contribution >= 0.6 is 0 Å². The highest BCUT2D eigenvalue weighted by atomic mass is 32.3. The van der Waals surface area contributed by atoms with Crippen molar-refractivity contribution in [1.29, 1.82) is 0 Å². The van der Waals surface area contributed by atoms with E-state index < -0.39 is 72.8 Å². The van der Waals surface area contributed by atoms with Crippen molar-refractivity contribution in [2.24, 2.45) is 0 Å². The minimum Gasteiger partial charge on any atom is -0.759 e. The van der Waals surface area contributed by atoms with E-state index in [9.17, 15) is 0 Å². The normalized spacial score (nSPS) is 8.29. The van der Waals surface area contributed by atoms with Crippen LogP contribution in [0.5, 0.6) is 0 Å². The van der Waals surface area contributed by atoms with Crippen LogP contribution in [0.4, 0.5) is 0 Å². The highest BCUT2D eigenvalue weighted by molar-refractivity contribution is 7.81. The molecular formula is H56N14O28S7. The van der Waals surface area contributed by atoms with Crippen LogP contribution in [0, 0.1) is 0 Å². The van der Waals surface area contributed by atoms with Crippen molar-refractivity contribution in [2.75, 3.05) is 0 Å². The van der Waals surface area contributed by atoms with Crippen molar-refractivity contribution in [3.05, 3.63) is 0 Å². The molecular weight excluding hydrogens is 869 g/mol. The number of rotatable bonds is 0. The molecule has 0 aromatic heterocycles. The van der Waals surface area contributed by atoms with E-state index in [-0.39, 0.29) is 86.1 Å². The molecule has 42 nitrogen and oxygen atoms in total. The van der Waals surface area contributed by atoms with Gasteiger partial charge in [-0.25, -0.2) is 0 Å². The first-order valence-electron chi connectivity index (χ1n) is 4.67. The van der Waals surface area contributed by atoms with Gasteiger partial charge in [0.25, 0.3) is 0 Å². The van der Waals surface area contributed by atoms with E-state index in [1.54, 1.807) is 0 Å². The van der Waals surface area contributed by atoms with Gasteiger partial charge in [-0.2, -0.15) is 0 Å². The van der Waals surface area contributed by atoms with Crippen LogP contribution in [-0.4, -0.2) is 123 Å². The van der Waals surface area contributed by atoms with Gasteiger partial charge in [-0.05, 0) is 0 Å². The summed E-state index contributed by atoms with van der Waals surface area (Å²) < 4.78 is 239. The van der Waals surface area contributed by atoms with Crippen LogP contribution in [0.25, 0.3) is 0 Å². The van der Waals surface area contributed by atoms with Crippen LogP contribution in [0.1, 0.15) is 0 Å². The van der Waals surface area contributed by atoms with Crippen LogP contribution in [0.2, 0.25) is 0 Å². The maximum Gasteiger partial charge on any atom is 0.0311 e. The zero-order valence-electron chi connectivity index (χ0n) is 28.3. The lowest BCUT2D eigenvalue weighted by molar-refractivity contribution is 0.350. The summed E-state index contributed by atoms with van der Waals surface area (Å²) in [6.07, 6.45) is 0. The molecule has 49 heavy (non-hydrogen) atoms. The largest absolute Gasteiger partial charge is 0.759 e. The fourth-order valence-electron chi connectivity index (χ4n) is 0. The minimum atomic E-state index is -5.17. The van der Waals surface area contributed by atoms with Crippen LogP contribution < -0.4 is 86.1 Å². The summed E-state index contributed by atoms with van der Waals surface area (Å²) in [5.74, 6) is 0. The molecule has 0 saturated heterocycles. The summed E-state index contributed by atoms with van der Waals surface area (Å²) >= 11 is 0. The molecule has 0 aromatic rings. The van der Waals surface area contributed by atoms with Crippen molar-refractivity contribution in [1.82, 2.24) is 86.1 Å². The van der Waals surface area contributed by atoms with Gasteiger partial charge in [0, 0.05) is 72.8 Å². The lowest BCUT2D eigenvalue weighted by Gasteiger charge is -2.06. The standard InChI is InChI=1S/14H3N.7H2O4S/c;;;;;;;;;;;;;;7*1-5(2,3)4/h14*1H3;7*(H2,1,2,3,4). The van der Waals surface area contributed by atoms with E-state index in [4.69, 9.17) is 123 Å². The zero-order chi connectivity index (χ0) is 31.5. The average Bonchev–Trinajstić information content (AvgIpc) is 2.06. The maximum atomic E-state index is 8.52. The lowest BCUT2D eigenvalue weighted by atomic mass is 14.0. The van der Waals surface area contributed by atoms with Gasteiger partial charge in [0.05, 0.1) is 0 Å². The molecule has 49 heteroatoms. The van der Waals surface area contributed by atoms with Gasteiger partial charge in [-0.15, -0.1) is 0 Å². The van der Waals surface area contributed by atoms with Crippen LogP contribution in [-0.2, 0) is 72.8 Å². The Bertz CT molecular complexity index is 945. The Morgan fingerprint density at radius 3 is 0.143 bits per heavy atom. The monoisotopic (exact) mass is 924 g/mol. The van der Waals surface area contributed by atoms with E-state index in [2.05, 4.69) is 0 Å². The molecule has 0 heterocycles. The molecule has 336 valence electrons. The molecule has 0 unspecified atom stereocenters. The molecule has 0 bridgehead atoms. The lowest BCUT2D eigenvalue weighted by Crippen LogP contribution is -1.91. The van der Waals surface area contributed by atoms with Gasteiger partial charge >= 0.3 is 0 Å². The van der Waals surface area contributed by atoms with E-state index in [1.807, 2.05) is 0 Å². The Kier molecular flexibility index (Phi) is 175. The molecule has 0 rings (SSSR count). The van der Waals surface area contributed by atoms with Crippen molar-refractivity contribution in [3.63, 3.8) is 0 Å². The highest BCUT2D eigenvalue weighted by Crippen LogP contribution is 1.60. The highest BCUT2D eigenvalue weighted by Gasteiger charge is 1.52. The first kappa shape index (κ1) is 146. The predicted molar refractivity (Wildman–Crippen MR) is 157 cm³/mol. The van der Waals surface area contributed by atoms with Gasteiger partial charge in [0.2, 0.25) is 0 Å². The Labute approximate surface area is 281 Å². The molecule has 0 amide bonds. The van der Waals surface area contributed by atoms with Crippen molar-refractivity contribution < 1.29 is 123 Å². The van der Waals surface area contributed by atoms with Crippen molar-refractivity contribution in [3.8, 4) is 0 Å². The SMILES string of the molecule is O=S(=O)([O-])[O-].O=S(=O)([O-])[O-].O=S(=O)([O-])[O-].O=S(=O)([O-])[O-].O=S(=O)([O-])[O-].O=S(=O)([O-])[O-].O=S(=O)([O-])[O-].[NH4+].[NH4+].[NH4+].[NH4+].[NH4+].[NH4+].[NH4+].[NH4+].[NH4+].[NH4+].[NH4+].[NH4+].[NH4+].[NH4+]. The average molecular weight is 925 g/mol. The molecule has 56 N–H and O–H groups in total. The summed E-state index contributed by atoms with van der Waals surface area (Å²) in [5, 5.41) is 0. The Morgan fingerprint density at radius 1 is 0.143 bits per heavy atom. The topological polar surface area (TPSA) is 1070 Å². The molecule has 0 aliphatic carbocycles. The second-order valence-electron chi connectivity index (χ2n) is 2.86. The quantitative estimate of drug-likeness (QED) is 0.0811. The zero-order valence-corrected chi connectivity index (χ0v) is 34.0. The summed E-state index contributed by atoms with van der Waals surface area (Å²) in [6.45, 7) is 0. The molecule has 0 radical (unpaired) electrons. The van der Waals surface area contributed by atoms with Gasteiger partial charge < -0.3 is 150 Å². The summed E-state index contributed by atoms with van der Waals surface area (Å²) in [6, 6.07) is 0. The van der Waals surface area contributed by atoms with Crippen LogP contribution in [0.15, 0.2) is 0 Å². The molecule has 0 aromatic carbocycles. The van der Waals surface area contributed by atoms with Gasteiger partial charge in [-0.3, -0.25) is 58.9 Å². The number of hydrogen-bond donors (Lipinski definition) is 14. The van der Waals surface area contributed by atoms with Crippen molar-refractivity contribution >= 4 is 72.8 Å². The molecule has 0 fully saturated rings. The van der Waals surface area contributed by atoms with Crippen LogP contribution in [0.3, 0.4) is 0 Å². The number of hydrogen-bond acceptors (Lipinski definition) is 28. The first-order chi connectivity index (χ1) is 14.0. The third-order valence-corrected chi connectivity index (χ3v) is 0. The third kappa shape index (κ3) is 42700. The molecule has 0 aliphatic rings. The summed E-state index contributed by atoms with van der Waals surface area (Å²) in [7, 11) is -36.2. The van der Waals surface area contributed by atoms with Gasteiger partial charge in [0.15, 0.2) is 0 Å². The van der Waals surface area contributed by atoms with E-state index >= 15 is 0 Å². The minimum absolute atomic E-state index is 0. The molecule has 0 saturated carbocycles. The van der Waals surface area contributed by atoms with E-state index in [1.165, 1.54) is 0 Å². The molecule has 0 atom stereocenters. The molecule has 0 aliphatic heterocycles. The first-order valence-corrected chi connectivity index (χ1v) is 14.0. The predicted octanol–water partition coefficient (Wildman–Crippen LogP) is -4.10. The summed E-state index contributed by atoms with van der Waals surface area (Å²) in [4.78, 5) is 0. The number of quaternary nitrogens is 14. The Morgan fingerprint density at radius 2 is 0.143 bits per heavy atom. The van der Waals surface area contributed by atoms with Gasteiger partial charge in [-0.1, -0.05) is 0 Å². The maximum absolute atomic E-state index is 8.52. The molecule has 0 spiro atoms. The Hall–Kier alpha value is -1.47. The van der Waals surface area contributed by atoms with Gasteiger partial charge in [0.1, 0.15) is 0 Å². The third-order valence-electron chi connectivity index (χ3n) is 0. The van der Waals surface area contributed by atoms with Crippen molar-refractivity contribution in [2.45, 2.75) is 0 Å². The second-order valence-corrected chi connectivity index (χ2v) is 8.57. The fraction of sp³-hybridized carbons (Fsp3) is 0. The second kappa shape index (κ2) is 58.7. The smallest absolute Gasteiger partial charge is 0.0311 e. The summed E-state index contributed by atoms with van der Waals surface area (Å²) in [5.41, 5.74) is 0. The van der Waals surface area contributed by atoms with E-state index in [0.29, 0.717) is 0 Å². The Balaban J connectivity index is -0.00000000938. The fourth-order valence-corrected chi connectivity index (χ4v) is 0. The van der Waals surface area contributed by atoms with E-state index in [0.717, 1.165) is 0 Å².